The smallest absolute Gasteiger partial charge is 0.356 e. The predicted molar refractivity (Wildman–Crippen MR) is 50.8 cm³/mol. The van der Waals surface area contributed by atoms with Gasteiger partial charge in [-0.25, -0.2) is 9.78 Å². The van der Waals surface area contributed by atoms with E-state index in [0.29, 0.717) is 12.2 Å². The number of esters is 1. The van der Waals surface area contributed by atoms with Crippen molar-refractivity contribution in [3.05, 3.63) is 30.1 Å². The van der Waals surface area contributed by atoms with Crippen LogP contribution in [0.15, 0.2) is 24.4 Å². The summed E-state index contributed by atoms with van der Waals surface area (Å²) in [5, 5.41) is 0. The Kier molecular flexibility index (Phi) is 5.84. The van der Waals surface area contributed by atoms with Gasteiger partial charge >= 0.3 is 5.97 Å². The quantitative estimate of drug-likeness (QED) is 0.730. The molecule has 0 unspecified atom stereocenters. The summed E-state index contributed by atoms with van der Waals surface area (Å²) in [5.74, 6) is -0.430. The number of hydrogen-bond acceptors (Lipinski definition) is 4. The van der Waals surface area contributed by atoms with E-state index in [1.807, 2.05) is 0 Å². The highest BCUT2D eigenvalue weighted by Gasteiger charge is 2.05. The third kappa shape index (κ3) is 3.87. The summed E-state index contributed by atoms with van der Waals surface area (Å²) >= 11 is 0. The molecule has 0 aromatic carbocycles. The van der Waals surface area contributed by atoms with E-state index in [1.54, 1.807) is 24.4 Å². The lowest BCUT2D eigenvalue weighted by atomic mass is 10.4. The maximum atomic E-state index is 11.1. The Bertz CT molecular complexity index is 254. The molecule has 72 valence electrons. The molecule has 0 spiro atoms. The molecule has 0 aliphatic rings. The minimum absolute atomic E-state index is 0. The molecule has 0 amide bonds. The standard InChI is InChI=1S/C8H10N2O2.ClH/c9-4-6-12-8(11)7-3-1-2-5-10-7;/h1-3,5H,4,6,9H2;1H. The molecule has 1 aromatic rings. The van der Waals surface area contributed by atoms with Crippen LogP contribution in [0.4, 0.5) is 0 Å². The molecule has 0 aliphatic heterocycles. The van der Waals surface area contributed by atoms with Crippen LogP contribution in [0, 0.1) is 0 Å². The lowest BCUT2D eigenvalue weighted by molar-refractivity contribution is 0.0510. The predicted octanol–water partition coefficient (Wildman–Crippen LogP) is 0.619. The van der Waals surface area contributed by atoms with E-state index in [-0.39, 0.29) is 19.0 Å². The first-order valence-corrected chi connectivity index (χ1v) is 3.63. The fourth-order valence-electron chi connectivity index (χ4n) is 0.709. The Labute approximate surface area is 82.5 Å². The fraction of sp³-hybridized carbons (Fsp3) is 0.250. The largest absolute Gasteiger partial charge is 0.460 e. The van der Waals surface area contributed by atoms with Crippen molar-refractivity contribution in [3.8, 4) is 0 Å². The topological polar surface area (TPSA) is 65.2 Å². The Morgan fingerprint density at radius 1 is 1.54 bits per heavy atom. The summed E-state index contributed by atoms with van der Waals surface area (Å²) < 4.78 is 4.75. The van der Waals surface area contributed by atoms with Crippen LogP contribution in [0.25, 0.3) is 0 Å². The average molecular weight is 203 g/mol. The Morgan fingerprint density at radius 2 is 2.31 bits per heavy atom. The van der Waals surface area contributed by atoms with Crippen molar-refractivity contribution in [2.75, 3.05) is 13.2 Å². The number of halogens is 1. The zero-order valence-corrected chi connectivity index (χ0v) is 7.79. The second kappa shape index (κ2) is 6.39. The van der Waals surface area contributed by atoms with Gasteiger partial charge in [-0.05, 0) is 12.1 Å². The molecule has 0 saturated heterocycles. The summed E-state index contributed by atoms with van der Waals surface area (Å²) in [7, 11) is 0. The zero-order chi connectivity index (χ0) is 8.81. The van der Waals surface area contributed by atoms with Gasteiger partial charge < -0.3 is 10.5 Å². The number of ether oxygens (including phenoxy) is 1. The number of hydrogen-bond donors (Lipinski definition) is 1. The van der Waals surface area contributed by atoms with Crippen LogP contribution in [0.5, 0.6) is 0 Å². The van der Waals surface area contributed by atoms with Crippen LogP contribution < -0.4 is 5.73 Å². The lowest BCUT2D eigenvalue weighted by Crippen LogP contribution is -2.14. The highest BCUT2D eigenvalue weighted by molar-refractivity contribution is 5.87. The van der Waals surface area contributed by atoms with E-state index in [2.05, 4.69) is 4.98 Å². The maximum Gasteiger partial charge on any atom is 0.356 e. The molecule has 5 heteroatoms. The molecule has 13 heavy (non-hydrogen) atoms. The second-order valence-corrected chi connectivity index (χ2v) is 2.14. The highest BCUT2D eigenvalue weighted by atomic mass is 35.5. The summed E-state index contributed by atoms with van der Waals surface area (Å²) in [6, 6.07) is 5.06. The highest BCUT2D eigenvalue weighted by Crippen LogP contribution is 1.95. The number of carbonyl (C=O) groups excluding carboxylic acids is 1. The molecule has 4 nitrogen and oxygen atoms in total. The first kappa shape index (κ1) is 11.9. The lowest BCUT2D eigenvalue weighted by Gasteiger charge is -2.00. The van der Waals surface area contributed by atoms with Gasteiger partial charge in [-0.1, -0.05) is 6.07 Å². The normalized spacial score (nSPS) is 8.69. The Balaban J connectivity index is 0.00000144. The van der Waals surface area contributed by atoms with Crippen molar-refractivity contribution < 1.29 is 9.53 Å². The molecule has 0 bridgehead atoms. The van der Waals surface area contributed by atoms with Crippen LogP contribution in [-0.4, -0.2) is 24.1 Å². The Hall–Kier alpha value is -1.13. The van der Waals surface area contributed by atoms with Crippen LogP contribution in [0.3, 0.4) is 0 Å². The van der Waals surface area contributed by atoms with E-state index in [4.69, 9.17) is 10.5 Å². The van der Waals surface area contributed by atoms with E-state index in [9.17, 15) is 4.79 Å². The molecule has 0 fully saturated rings. The van der Waals surface area contributed by atoms with Gasteiger partial charge in [0, 0.05) is 12.7 Å². The number of pyridine rings is 1. The molecule has 0 atom stereocenters. The third-order valence-electron chi connectivity index (χ3n) is 1.23. The Morgan fingerprint density at radius 3 is 2.85 bits per heavy atom. The minimum atomic E-state index is -0.430. The van der Waals surface area contributed by atoms with Crippen molar-refractivity contribution in [3.63, 3.8) is 0 Å². The zero-order valence-electron chi connectivity index (χ0n) is 6.97. The number of nitrogens with zero attached hydrogens (tertiary/aromatic N) is 1. The second-order valence-electron chi connectivity index (χ2n) is 2.14. The fourth-order valence-corrected chi connectivity index (χ4v) is 0.709. The van der Waals surface area contributed by atoms with Crippen molar-refractivity contribution in [2.45, 2.75) is 0 Å². The van der Waals surface area contributed by atoms with Crippen LogP contribution in [0.1, 0.15) is 10.5 Å². The summed E-state index contributed by atoms with van der Waals surface area (Å²) in [5.41, 5.74) is 5.47. The summed E-state index contributed by atoms with van der Waals surface area (Å²) in [4.78, 5) is 14.9. The SMILES string of the molecule is Cl.NCCOC(=O)c1ccccn1. The van der Waals surface area contributed by atoms with Gasteiger partial charge in [0.2, 0.25) is 0 Å². The maximum absolute atomic E-state index is 11.1. The molecular formula is C8H11ClN2O2. The van der Waals surface area contributed by atoms with Crippen molar-refractivity contribution in [1.29, 1.82) is 0 Å². The molecule has 1 aromatic heterocycles. The van der Waals surface area contributed by atoms with E-state index < -0.39 is 5.97 Å². The molecule has 0 radical (unpaired) electrons. The molecule has 0 saturated carbocycles. The third-order valence-corrected chi connectivity index (χ3v) is 1.23. The number of nitrogens with two attached hydrogens (primary N) is 1. The van der Waals surface area contributed by atoms with Gasteiger partial charge in [0.05, 0.1) is 0 Å². The summed E-state index contributed by atoms with van der Waals surface area (Å²) in [6.07, 6.45) is 1.54. The van der Waals surface area contributed by atoms with Gasteiger partial charge in [-0.2, -0.15) is 0 Å². The van der Waals surface area contributed by atoms with Crippen LogP contribution in [0.2, 0.25) is 0 Å². The van der Waals surface area contributed by atoms with E-state index in [1.165, 1.54) is 0 Å². The van der Waals surface area contributed by atoms with Gasteiger partial charge in [0.1, 0.15) is 12.3 Å². The molecule has 1 rings (SSSR count). The van der Waals surface area contributed by atoms with Gasteiger partial charge in [0.25, 0.3) is 0 Å². The molecule has 1 heterocycles. The number of rotatable bonds is 3. The monoisotopic (exact) mass is 202 g/mol. The minimum Gasteiger partial charge on any atom is -0.460 e. The average Bonchev–Trinajstić information content (AvgIpc) is 2.15. The van der Waals surface area contributed by atoms with Crippen molar-refractivity contribution >= 4 is 18.4 Å². The molecule has 2 N–H and O–H groups in total. The van der Waals surface area contributed by atoms with Crippen LogP contribution >= 0.6 is 12.4 Å². The molecular weight excluding hydrogens is 192 g/mol. The molecule has 0 aliphatic carbocycles. The van der Waals surface area contributed by atoms with Gasteiger partial charge in [0.15, 0.2) is 0 Å². The van der Waals surface area contributed by atoms with Gasteiger partial charge in [-0.3, -0.25) is 0 Å². The van der Waals surface area contributed by atoms with E-state index >= 15 is 0 Å². The first-order chi connectivity index (χ1) is 5.84. The summed E-state index contributed by atoms with van der Waals surface area (Å²) in [6.45, 7) is 0.563. The first-order valence-electron chi connectivity index (χ1n) is 3.63. The van der Waals surface area contributed by atoms with Gasteiger partial charge in [-0.15, -0.1) is 12.4 Å². The van der Waals surface area contributed by atoms with Crippen molar-refractivity contribution in [2.24, 2.45) is 5.73 Å². The van der Waals surface area contributed by atoms with Crippen molar-refractivity contribution in [1.82, 2.24) is 4.98 Å². The van der Waals surface area contributed by atoms with E-state index in [0.717, 1.165) is 0 Å². The van der Waals surface area contributed by atoms with Crippen LogP contribution in [-0.2, 0) is 4.74 Å². The number of carbonyl (C=O) groups is 1. The number of aromatic nitrogens is 1.